The van der Waals surface area contributed by atoms with Gasteiger partial charge in [0.1, 0.15) is 0 Å². The maximum atomic E-state index is 12.5. The first-order valence-corrected chi connectivity index (χ1v) is 9.84. The summed E-state index contributed by atoms with van der Waals surface area (Å²) >= 11 is 0. The van der Waals surface area contributed by atoms with Crippen LogP contribution in [0.4, 0.5) is 0 Å². The van der Waals surface area contributed by atoms with Crippen LogP contribution in [0.1, 0.15) is 12.5 Å². The van der Waals surface area contributed by atoms with Crippen LogP contribution in [0.25, 0.3) is 0 Å². The van der Waals surface area contributed by atoms with Crippen LogP contribution >= 0.6 is 0 Å². The molecule has 0 radical (unpaired) electrons. The van der Waals surface area contributed by atoms with E-state index in [4.69, 9.17) is 5.26 Å². The van der Waals surface area contributed by atoms with Crippen LogP contribution < -0.4 is 0 Å². The maximum absolute atomic E-state index is 12.5. The SMILES string of the molecule is CCS(=O)(=O)N1CCN(S(=O)(=O)c2cccc(C#N)c2)CC1. The van der Waals surface area contributed by atoms with Gasteiger partial charge in [0.2, 0.25) is 20.0 Å². The third-order valence-electron chi connectivity index (χ3n) is 3.56. The van der Waals surface area contributed by atoms with Gasteiger partial charge in [-0.15, -0.1) is 0 Å². The lowest BCUT2D eigenvalue weighted by molar-refractivity contribution is 0.273. The van der Waals surface area contributed by atoms with Crippen molar-refractivity contribution in [3.05, 3.63) is 29.8 Å². The van der Waals surface area contributed by atoms with Crippen molar-refractivity contribution in [2.24, 2.45) is 0 Å². The molecule has 0 bridgehead atoms. The van der Waals surface area contributed by atoms with Gasteiger partial charge in [-0.05, 0) is 25.1 Å². The first-order chi connectivity index (χ1) is 10.3. The molecule has 0 atom stereocenters. The summed E-state index contributed by atoms with van der Waals surface area (Å²) in [7, 11) is -7.01. The summed E-state index contributed by atoms with van der Waals surface area (Å²) in [5, 5.41) is 8.86. The quantitative estimate of drug-likeness (QED) is 0.778. The van der Waals surface area contributed by atoms with E-state index < -0.39 is 20.0 Å². The van der Waals surface area contributed by atoms with E-state index >= 15 is 0 Å². The molecule has 1 aliphatic heterocycles. The molecule has 0 aliphatic carbocycles. The molecule has 1 aromatic carbocycles. The van der Waals surface area contributed by atoms with E-state index in [2.05, 4.69) is 0 Å². The Morgan fingerprint density at radius 2 is 1.68 bits per heavy atom. The third kappa shape index (κ3) is 3.30. The number of benzene rings is 1. The van der Waals surface area contributed by atoms with Crippen molar-refractivity contribution in [3.63, 3.8) is 0 Å². The Morgan fingerprint density at radius 3 is 2.23 bits per heavy atom. The number of piperazine rings is 1. The van der Waals surface area contributed by atoms with E-state index in [0.717, 1.165) is 0 Å². The van der Waals surface area contributed by atoms with Crippen molar-refractivity contribution >= 4 is 20.0 Å². The zero-order valence-electron chi connectivity index (χ0n) is 12.1. The molecule has 0 aromatic heterocycles. The first kappa shape index (κ1) is 16.9. The van der Waals surface area contributed by atoms with Crippen molar-refractivity contribution in [1.82, 2.24) is 8.61 Å². The van der Waals surface area contributed by atoms with Crippen LogP contribution in [0.3, 0.4) is 0 Å². The average Bonchev–Trinajstić information content (AvgIpc) is 2.55. The summed E-state index contributed by atoms with van der Waals surface area (Å²) < 4.78 is 51.2. The summed E-state index contributed by atoms with van der Waals surface area (Å²) in [5.41, 5.74) is 0.272. The van der Waals surface area contributed by atoms with Crippen LogP contribution in [0.5, 0.6) is 0 Å². The highest BCUT2D eigenvalue weighted by Gasteiger charge is 2.32. The van der Waals surface area contributed by atoms with Gasteiger partial charge in [-0.2, -0.15) is 13.9 Å². The Bertz CT molecular complexity index is 789. The summed E-state index contributed by atoms with van der Waals surface area (Å²) in [6.45, 7) is 2.07. The third-order valence-corrected chi connectivity index (χ3v) is 7.33. The zero-order chi connectivity index (χ0) is 16.4. The van der Waals surface area contributed by atoms with E-state index in [-0.39, 0.29) is 42.4 Å². The van der Waals surface area contributed by atoms with E-state index in [1.54, 1.807) is 6.92 Å². The molecule has 1 aliphatic rings. The fourth-order valence-electron chi connectivity index (χ4n) is 2.25. The lowest BCUT2D eigenvalue weighted by Gasteiger charge is -2.33. The predicted molar refractivity (Wildman–Crippen MR) is 80.9 cm³/mol. The molecule has 0 saturated carbocycles. The van der Waals surface area contributed by atoms with Crippen LogP contribution in [0.15, 0.2) is 29.2 Å². The van der Waals surface area contributed by atoms with Gasteiger partial charge < -0.3 is 0 Å². The zero-order valence-corrected chi connectivity index (χ0v) is 13.8. The number of nitrogens with zero attached hydrogens (tertiary/aromatic N) is 3. The van der Waals surface area contributed by atoms with Gasteiger partial charge in [-0.25, -0.2) is 16.8 Å². The Labute approximate surface area is 130 Å². The highest BCUT2D eigenvalue weighted by Crippen LogP contribution is 2.19. The minimum Gasteiger partial charge on any atom is -0.212 e. The molecular formula is C13H17N3O4S2. The fraction of sp³-hybridized carbons (Fsp3) is 0.462. The molecule has 0 spiro atoms. The lowest BCUT2D eigenvalue weighted by Crippen LogP contribution is -2.50. The molecule has 0 unspecified atom stereocenters. The second kappa shape index (κ2) is 6.34. The molecule has 1 saturated heterocycles. The molecule has 1 heterocycles. The average molecular weight is 343 g/mol. The summed E-state index contributed by atoms with van der Waals surface area (Å²) in [6.07, 6.45) is 0. The highest BCUT2D eigenvalue weighted by atomic mass is 32.2. The van der Waals surface area contributed by atoms with Gasteiger partial charge in [0.15, 0.2) is 0 Å². The van der Waals surface area contributed by atoms with Crippen molar-refractivity contribution in [3.8, 4) is 6.07 Å². The molecule has 2 rings (SSSR count). The van der Waals surface area contributed by atoms with Crippen molar-refractivity contribution in [2.75, 3.05) is 31.9 Å². The number of hydrogen-bond acceptors (Lipinski definition) is 5. The lowest BCUT2D eigenvalue weighted by atomic mass is 10.2. The van der Waals surface area contributed by atoms with E-state index in [0.29, 0.717) is 0 Å². The summed E-state index contributed by atoms with van der Waals surface area (Å²) in [6, 6.07) is 7.72. The largest absolute Gasteiger partial charge is 0.243 e. The Kier molecular flexibility index (Phi) is 4.87. The fourth-order valence-corrected chi connectivity index (χ4v) is 4.80. The second-order valence-electron chi connectivity index (χ2n) is 4.84. The number of rotatable bonds is 4. The van der Waals surface area contributed by atoms with Crippen LogP contribution in [-0.4, -0.2) is 57.4 Å². The van der Waals surface area contributed by atoms with Crippen LogP contribution in [-0.2, 0) is 20.0 Å². The van der Waals surface area contributed by atoms with E-state index in [9.17, 15) is 16.8 Å². The smallest absolute Gasteiger partial charge is 0.212 e. The molecule has 1 fully saturated rings. The number of sulfonamides is 2. The van der Waals surface area contributed by atoms with Gasteiger partial charge in [0, 0.05) is 26.2 Å². The molecule has 1 aromatic rings. The summed E-state index contributed by atoms with van der Waals surface area (Å²) in [4.78, 5) is 0.0540. The second-order valence-corrected chi connectivity index (χ2v) is 9.04. The molecule has 7 nitrogen and oxygen atoms in total. The van der Waals surface area contributed by atoms with E-state index in [1.165, 1.54) is 32.9 Å². The van der Waals surface area contributed by atoms with Crippen molar-refractivity contribution < 1.29 is 16.8 Å². The Balaban J connectivity index is 2.18. The van der Waals surface area contributed by atoms with Gasteiger partial charge in [-0.3, -0.25) is 0 Å². The van der Waals surface area contributed by atoms with Crippen molar-refractivity contribution in [2.45, 2.75) is 11.8 Å². The van der Waals surface area contributed by atoms with Crippen LogP contribution in [0, 0.1) is 11.3 Å². The minimum atomic E-state index is -3.71. The predicted octanol–water partition coefficient (Wildman–Crippen LogP) is 0.214. The highest BCUT2D eigenvalue weighted by molar-refractivity contribution is 7.89. The van der Waals surface area contributed by atoms with Gasteiger partial charge >= 0.3 is 0 Å². The summed E-state index contributed by atoms with van der Waals surface area (Å²) in [5.74, 6) is 0.00393. The molecule has 0 N–H and O–H groups in total. The normalized spacial score (nSPS) is 18.0. The van der Waals surface area contributed by atoms with Gasteiger partial charge in [-0.1, -0.05) is 6.07 Å². The maximum Gasteiger partial charge on any atom is 0.243 e. The molecule has 0 amide bonds. The minimum absolute atomic E-state index is 0.00393. The van der Waals surface area contributed by atoms with Crippen molar-refractivity contribution in [1.29, 1.82) is 5.26 Å². The first-order valence-electron chi connectivity index (χ1n) is 6.79. The monoisotopic (exact) mass is 343 g/mol. The molecular weight excluding hydrogens is 326 g/mol. The number of hydrogen-bond donors (Lipinski definition) is 0. The van der Waals surface area contributed by atoms with E-state index in [1.807, 2.05) is 6.07 Å². The van der Waals surface area contributed by atoms with Crippen LogP contribution in [0.2, 0.25) is 0 Å². The van der Waals surface area contributed by atoms with Gasteiger partial charge in [0.05, 0.1) is 22.3 Å². The Hall–Kier alpha value is -1.47. The molecule has 120 valence electrons. The molecule has 9 heteroatoms. The standard InChI is InChI=1S/C13H17N3O4S2/c1-2-21(17,18)15-6-8-16(9-7-15)22(19,20)13-5-3-4-12(10-13)11-14/h3-5,10H,2,6-9H2,1H3. The van der Waals surface area contributed by atoms with Gasteiger partial charge in [0.25, 0.3) is 0 Å². The number of nitriles is 1. The Morgan fingerprint density at radius 1 is 1.09 bits per heavy atom. The topological polar surface area (TPSA) is 98.6 Å². The molecule has 22 heavy (non-hydrogen) atoms.